The van der Waals surface area contributed by atoms with Crippen LogP contribution in [0, 0.1) is 13.8 Å². The molecule has 9 nitrogen and oxygen atoms in total. The lowest BCUT2D eigenvalue weighted by Crippen LogP contribution is -2.34. The predicted octanol–water partition coefficient (Wildman–Crippen LogP) is 3.39. The van der Waals surface area contributed by atoms with Crippen molar-refractivity contribution in [2.75, 3.05) is 33.3 Å². The van der Waals surface area contributed by atoms with E-state index in [1.165, 1.54) is 12.8 Å². The molecule has 3 heterocycles. The fraction of sp³-hybridized carbons (Fsp3) is 0.630. The summed E-state index contributed by atoms with van der Waals surface area (Å²) in [7, 11) is 1.85. The fourth-order valence-electron chi connectivity index (χ4n) is 4.96. The van der Waals surface area contributed by atoms with Crippen molar-refractivity contribution in [2.45, 2.75) is 77.5 Å². The minimum absolute atomic E-state index is 0.0391. The SMILES string of the molecule is Cc1nc(C)n(CCC(=O)N2C[C@H]3OCCCCCCCCN(C)C(=O)c4ccccc4O[C@@H]3C2)n1. The summed E-state index contributed by atoms with van der Waals surface area (Å²) < 4.78 is 14.4. The fourth-order valence-corrected chi connectivity index (χ4v) is 4.96. The maximum atomic E-state index is 13.2. The summed E-state index contributed by atoms with van der Waals surface area (Å²) in [4.78, 5) is 34.2. The highest BCUT2D eigenvalue weighted by Crippen LogP contribution is 2.26. The third kappa shape index (κ3) is 6.63. The molecule has 36 heavy (non-hydrogen) atoms. The van der Waals surface area contributed by atoms with E-state index in [1.54, 1.807) is 9.58 Å². The van der Waals surface area contributed by atoms with Crippen molar-refractivity contribution in [3.8, 4) is 5.75 Å². The van der Waals surface area contributed by atoms with Gasteiger partial charge >= 0.3 is 0 Å². The Morgan fingerprint density at radius 3 is 2.53 bits per heavy atom. The van der Waals surface area contributed by atoms with Crippen molar-refractivity contribution < 1.29 is 19.1 Å². The van der Waals surface area contributed by atoms with Gasteiger partial charge in [0, 0.05) is 26.6 Å². The Morgan fingerprint density at radius 2 is 1.75 bits per heavy atom. The van der Waals surface area contributed by atoms with Crippen molar-refractivity contribution >= 4 is 11.8 Å². The van der Waals surface area contributed by atoms with Gasteiger partial charge in [-0.25, -0.2) is 9.67 Å². The number of aryl methyl sites for hydroxylation is 3. The van der Waals surface area contributed by atoms with Crippen molar-refractivity contribution in [1.29, 1.82) is 0 Å². The van der Waals surface area contributed by atoms with Crippen molar-refractivity contribution in [2.24, 2.45) is 0 Å². The van der Waals surface area contributed by atoms with E-state index < -0.39 is 0 Å². The van der Waals surface area contributed by atoms with Gasteiger partial charge in [-0.1, -0.05) is 37.8 Å². The van der Waals surface area contributed by atoms with Gasteiger partial charge in [-0.3, -0.25) is 9.59 Å². The van der Waals surface area contributed by atoms with E-state index in [0.717, 1.165) is 38.1 Å². The number of hydrogen-bond acceptors (Lipinski definition) is 6. The van der Waals surface area contributed by atoms with Crippen LogP contribution in [0.4, 0.5) is 0 Å². The van der Waals surface area contributed by atoms with Crippen LogP contribution in [0.25, 0.3) is 0 Å². The van der Waals surface area contributed by atoms with E-state index in [9.17, 15) is 9.59 Å². The number of fused-ring (bicyclic) bond motifs is 2. The smallest absolute Gasteiger partial charge is 0.257 e. The molecule has 2 aliphatic heterocycles. The summed E-state index contributed by atoms with van der Waals surface area (Å²) in [5, 5.41) is 4.36. The number of nitrogens with zero attached hydrogens (tertiary/aromatic N) is 5. The monoisotopic (exact) mass is 497 g/mol. The molecular formula is C27H39N5O4. The van der Waals surface area contributed by atoms with E-state index in [-0.39, 0.29) is 24.0 Å². The van der Waals surface area contributed by atoms with Crippen molar-refractivity contribution in [3.63, 3.8) is 0 Å². The van der Waals surface area contributed by atoms with Gasteiger partial charge in [0.1, 0.15) is 29.6 Å². The first kappa shape index (κ1) is 26.1. The number of rotatable bonds is 3. The molecule has 196 valence electrons. The summed E-state index contributed by atoms with van der Waals surface area (Å²) in [6.45, 7) is 6.52. The van der Waals surface area contributed by atoms with Crippen molar-refractivity contribution in [1.82, 2.24) is 24.6 Å². The molecule has 2 aromatic rings. The molecule has 9 heteroatoms. The molecule has 1 fully saturated rings. The van der Waals surface area contributed by atoms with Gasteiger partial charge < -0.3 is 19.3 Å². The summed E-state index contributed by atoms with van der Waals surface area (Å²) >= 11 is 0. The predicted molar refractivity (Wildman–Crippen MR) is 136 cm³/mol. The first-order valence-corrected chi connectivity index (χ1v) is 13.2. The van der Waals surface area contributed by atoms with Gasteiger partial charge in [-0.2, -0.15) is 5.10 Å². The van der Waals surface area contributed by atoms with Gasteiger partial charge in [0.05, 0.1) is 25.2 Å². The summed E-state index contributed by atoms with van der Waals surface area (Å²) in [5.41, 5.74) is 0.549. The number of hydrogen-bond donors (Lipinski definition) is 0. The molecule has 2 amide bonds. The maximum absolute atomic E-state index is 13.2. The molecule has 0 N–H and O–H groups in total. The molecule has 1 saturated heterocycles. The Balaban J connectivity index is 1.47. The zero-order valence-corrected chi connectivity index (χ0v) is 21.8. The molecule has 1 aromatic carbocycles. The van der Waals surface area contributed by atoms with Gasteiger partial charge in [0.25, 0.3) is 5.91 Å². The number of aromatic nitrogens is 3. The number of amides is 2. The van der Waals surface area contributed by atoms with E-state index >= 15 is 0 Å². The second-order valence-corrected chi connectivity index (χ2v) is 9.89. The lowest BCUT2D eigenvalue weighted by Gasteiger charge is -2.24. The normalized spacial score (nSPS) is 22.1. The van der Waals surface area contributed by atoms with Crippen LogP contribution >= 0.6 is 0 Å². The molecule has 0 bridgehead atoms. The number of carbonyl (C=O) groups is 2. The first-order chi connectivity index (χ1) is 17.4. The second-order valence-electron chi connectivity index (χ2n) is 9.89. The molecule has 0 aliphatic carbocycles. The third-order valence-electron chi connectivity index (χ3n) is 7.03. The number of likely N-dealkylation sites (tertiary alicyclic amines) is 1. The summed E-state index contributed by atoms with van der Waals surface area (Å²) in [6, 6.07) is 7.38. The molecule has 2 atom stereocenters. The van der Waals surface area contributed by atoms with Crippen LogP contribution in [0.1, 0.15) is 67.0 Å². The van der Waals surface area contributed by atoms with Crippen LogP contribution in [0.2, 0.25) is 0 Å². The maximum Gasteiger partial charge on any atom is 0.257 e. The lowest BCUT2D eigenvalue weighted by molar-refractivity contribution is -0.131. The molecule has 0 saturated carbocycles. The van der Waals surface area contributed by atoms with Crippen molar-refractivity contribution in [3.05, 3.63) is 41.5 Å². The average Bonchev–Trinajstić information content (AvgIpc) is 3.42. The highest BCUT2D eigenvalue weighted by atomic mass is 16.5. The topological polar surface area (TPSA) is 89.8 Å². The number of ether oxygens (including phenoxy) is 2. The second kappa shape index (κ2) is 12.3. The number of carbonyl (C=O) groups excluding carboxylic acids is 2. The Bertz CT molecular complexity index is 1040. The van der Waals surface area contributed by atoms with Gasteiger partial charge in [0.15, 0.2) is 0 Å². The quantitative estimate of drug-likeness (QED) is 0.646. The van der Waals surface area contributed by atoms with E-state index in [4.69, 9.17) is 9.47 Å². The Morgan fingerprint density at radius 1 is 1.03 bits per heavy atom. The summed E-state index contributed by atoms with van der Waals surface area (Å²) in [6.07, 6.45) is 6.33. The van der Waals surface area contributed by atoms with E-state index in [2.05, 4.69) is 10.1 Å². The summed E-state index contributed by atoms with van der Waals surface area (Å²) in [5.74, 6) is 2.05. The molecular weight excluding hydrogens is 458 g/mol. The highest BCUT2D eigenvalue weighted by Gasteiger charge is 2.38. The molecule has 0 spiro atoms. The van der Waals surface area contributed by atoms with E-state index in [1.807, 2.05) is 50.1 Å². The van der Waals surface area contributed by atoms with Gasteiger partial charge in [-0.05, 0) is 38.8 Å². The zero-order valence-electron chi connectivity index (χ0n) is 21.8. The van der Waals surface area contributed by atoms with Crippen LogP contribution in [-0.4, -0.2) is 81.9 Å². The molecule has 0 radical (unpaired) electrons. The van der Waals surface area contributed by atoms with Gasteiger partial charge in [0.2, 0.25) is 5.91 Å². The number of para-hydroxylation sites is 1. The lowest BCUT2D eigenvalue weighted by atomic mass is 10.1. The Labute approximate surface area is 213 Å². The minimum Gasteiger partial charge on any atom is -0.485 e. The van der Waals surface area contributed by atoms with Crippen LogP contribution in [0.15, 0.2) is 24.3 Å². The Hall–Kier alpha value is -2.94. The van der Waals surface area contributed by atoms with Crippen LogP contribution in [0.5, 0.6) is 5.75 Å². The molecule has 4 rings (SSSR count). The zero-order chi connectivity index (χ0) is 25.5. The first-order valence-electron chi connectivity index (χ1n) is 13.2. The third-order valence-corrected chi connectivity index (χ3v) is 7.03. The van der Waals surface area contributed by atoms with Crippen LogP contribution in [0.3, 0.4) is 0 Å². The molecule has 0 unspecified atom stereocenters. The van der Waals surface area contributed by atoms with Crippen LogP contribution < -0.4 is 4.74 Å². The van der Waals surface area contributed by atoms with Crippen LogP contribution in [-0.2, 0) is 16.1 Å². The minimum atomic E-state index is -0.337. The molecule has 2 aliphatic rings. The van der Waals surface area contributed by atoms with E-state index in [0.29, 0.717) is 49.8 Å². The highest BCUT2D eigenvalue weighted by molar-refractivity contribution is 5.96. The number of benzene rings is 1. The van der Waals surface area contributed by atoms with Gasteiger partial charge in [-0.15, -0.1) is 0 Å². The largest absolute Gasteiger partial charge is 0.485 e. The average molecular weight is 498 g/mol. The molecule has 1 aromatic heterocycles. The Kier molecular flexibility index (Phi) is 8.96. The standard InChI is InChI=1S/C27H39N5O4/c1-20-28-21(2)32(29-20)16-14-26(33)31-18-24-25(19-31)36-23-13-9-8-12-22(23)27(34)30(3)15-10-6-4-5-7-11-17-35-24/h8-9,12-13,24-25H,4-7,10-11,14-19H2,1-3H3/t24-,25-/m1/s1.